The molecule has 12 heteroatoms. The number of hydrogen-bond donors (Lipinski definition) is 1. The molecule has 2 aromatic rings. The zero-order valence-corrected chi connectivity index (χ0v) is 18.3. The Labute approximate surface area is 171 Å². The van der Waals surface area contributed by atoms with Gasteiger partial charge in [-0.05, 0) is 30.9 Å². The fourth-order valence-electron chi connectivity index (χ4n) is 2.27. The molecule has 27 heavy (non-hydrogen) atoms. The Balaban J connectivity index is 2.33. The zero-order chi connectivity index (χ0) is 20.2. The van der Waals surface area contributed by atoms with Gasteiger partial charge in [-0.25, -0.2) is 8.42 Å². The van der Waals surface area contributed by atoms with Gasteiger partial charge in [0.05, 0.1) is 19.1 Å². The molecule has 1 atom stereocenters. The number of nitrogens with one attached hydrogen (secondary N) is 1. The Kier molecular flexibility index (Phi) is 7.32. The van der Waals surface area contributed by atoms with Crippen molar-refractivity contribution in [3.05, 3.63) is 23.2 Å². The molecule has 1 amide bonds. The van der Waals surface area contributed by atoms with Crippen LogP contribution in [0.15, 0.2) is 22.5 Å². The number of carbonyl (C=O) groups is 1. The van der Waals surface area contributed by atoms with E-state index < -0.39 is 22.0 Å². The van der Waals surface area contributed by atoms with Gasteiger partial charge in [0.15, 0.2) is 4.34 Å². The second-order valence-electron chi connectivity index (χ2n) is 5.35. The molecule has 148 valence electrons. The molecule has 0 saturated heterocycles. The molecule has 0 radical (unpaired) electrons. The number of rotatable bonds is 8. The lowest BCUT2D eigenvalue weighted by atomic mass is 10.2. The Hall–Kier alpha value is -1.56. The standard InChI is InChI=1S/C15H19ClN4O4S3/c1-5-25-15-19-18-14(26-15)17-13(21)9(2)20(27(4,22)23)11-8-10(16)6-7-12(11)24-3/h6-9H,5H2,1-4H3,(H,17,18,21)/t9-/m1/s1. The van der Waals surface area contributed by atoms with E-state index in [0.29, 0.717) is 10.2 Å². The van der Waals surface area contributed by atoms with Crippen LogP contribution in [0.3, 0.4) is 0 Å². The molecule has 1 N–H and O–H groups in total. The van der Waals surface area contributed by atoms with E-state index in [1.807, 2.05) is 6.92 Å². The van der Waals surface area contributed by atoms with Crippen LogP contribution in [-0.4, -0.2) is 49.7 Å². The molecule has 0 bridgehead atoms. The smallest absolute Gasteiger partial charge is 0.249 e. The number of nitrogens with zero attached hydrogens (tertiary/aromatic N) is 3. The summed E-state index contributed by atoms with van der Waals surface area (Å²) >= 11 is 8.74. The number of sulfonamides is 1. The number of aromatic nitrogens is 2. The molecule has 1 aromatic heterocycles. The Morgan fingerprint density at radius 2 is 2.15 bits per heavy atom. The monoisotopic (exact) mass is 450 g/mol. The summed E-state index contributed by atoms with van der Waals surface area (Å²) in [6.07, 6.45) is 1.01. The van der Waals surface area contributed by atoms with Crippen LogP contribution in [0.5, 0.6) is 5.75 Å². The Morgan fingerprint density at radius 3 is 2.74 bits per heavy atom. The fourth-order valence-corrected chi connectivity index (χ4v) is 5.26. The summed E-state index contributed by atoms with van der Waals surface area (Å²) in [5.41, 5.74) is 0.176. The third kappa shape index (κ3) is 5.47. The Morgan fingerprint density at radius 1 is 1.44 bits per heavy atom. The number of ether oxygens (including phenoxy) is 1. The van der Waals surface area contributed by atoms with Gasteiger partial charge >= 0.3 is 0 Å². The topological polar surface area (TPSA) is 101 Å². The highest BCUT2D eigenvalue weighted by Crippen LogP contribution is 2.34. The summed E-state index contributed by atoms with van der Waals surface area (Å²) < 4.78 is 31.8. The number of carbonyl (C=O) groups excluding carboxylic acids is 1. The summed E-state index contributed by atoms with van der Waals surface area (Å²) in [5.74, 6) is 0.559. The zero-order valence-electron chi connectivity index (χ0n) is 15.1. The predicted molar refractivity (Wildman–Crippen MR) is 110 cm³/mol. The molecule has 0 aliphatic rings. The summed E-state index contributed by atoms with van der Waals surface area (Å²) in [7, 11) is -2.40. The van der Waals surface area contributed by atoms with E-state index in [1.54, 1.807) is 12.1 Å². The first-order valence-electron chi connectivity index (χ1n) is 7.77. The highest BCUT2D eigenvalue weighted by molar-refractivity contribution is 8.01. The normalized spacial score (nSPS) is 12.5. The van der Waals surface area contributed by atoms with E-state index in [4.69, 9.17) is 16.3 Å². The predicted octanol–water partition coefficient (Wildman–Crippen LogP) is 3.11. The maximum Gasteiger partial charge on any atom is 0.249 e. The van der Waals surface area contributed by atoms with Crippen molar-refractivity contribution < 1.29 is 17.9 Å². The number of thioether (sulfide) groups is 1. The minimum Gasteiger partial charge on any atom is -0.495 e. The summed E-state index contributed by atoms with van der Waals surface area (Å²) in [4.78, 5) is 12.7. The van der Waals surface area contributed by atoms with Crippen molar-refractivity contribution in [2.45, 2.75) is 24.2 Å². The van der Waals surface area contributed by atoms with E-state index in [-0.39, 0.29) is 11.4 Å². The third-order valence-corrected chi connectivity index (χ3v) is 6.69. The maximum absolute atomic E-state index is 12.7. The van der Waals surface area contributed by atoms with Gasteiger partial charge < -0.3 is 4.74 Å². The molecule has 0 fully saturated rings. The van der Waals surface area contributed by atoms with Crippen LogP contribution >= 0.6 is 34.7 Å². The van der Waals surface area contributed by atoms with Crippen molar-refractivity contribution >= 4 is 61.4 Å². The minimum atomic E-state index is -3.81. The van der Waals surface area contributed by atoms with E-state index in [9.17, 15) is 13.2 Å². The van der Waals surface area contributed by atoms with Gasteiger partial charge in [-0.15, -0.1) is 10.2 Å². The highest BCUT2D eigenvalue weighted by atomic mass is 35.5. The van der Waals surface area contributed by atoms with Gasteiger partial charge in [0, 0.05) is 5.02 Å². The van der Waals surface area contributed by atoms with Gasteiger partial charge in [-0.3, -0.25) is 14.4 Å². The average Bonchev–Trinajstić information content (AvgIpc) is 3.01. The summed E-state index contributed by atoms with van der Waals surface area (Å²) in [6, 6.07) is 3.48. The van der Waals surface area contributed by atoms with Crippen molar-refractivity contribution in [3.63, 3.8) is 0 Å². The van der Waals surface area contributed by atoms with Crippen LogP contribution in [0.1, 0.15) is 13.8 Å². The SMILES string of the molecule is CCSc1nnc(NC(=O)[C@@H](C)N(c2cc(Cl)ccc2OC)S(C)(=O)=O)s1. The lowest BCUT2D eigenvalue weighted by Crippen LogP contribution is -2.45. The van der Waals surface area contributed by atoms with Gasteiger partial charge in [-0.2, -0.15) is 0 Å². The van der Waals surface area contributed by atoms with Gasteiger partial charge in [0.2, 0.25) is 21.1 Å². The minimum absolute atomic E-state index is 0.176. The van der Waals surface area contributed by atoms with Crippen LogP contribution in [0.4, 0.5) is 10.8 Å². The Bertz CT molecular complexity index is 920. The molecule has 1 aromatic carbocycles. The lowest BCUT2D eigenvalue weighted by molar-refractivity contribution is -0.116. The van der Waals surface area contributed by atoms with E-state index in [2.05, 4.69) is 15.5 Å². The second kappa shape index (κ2) is 9.09. The first-order valence-corrected chi connectivity index (χ1v) is 11.8. The number of amides is 1. The second-order valence-corrected chi connectivity index (χ2v) is 10.1. The number of methoxy groups -OCH3 is 1. The molecular weight excluding hydrogens is 432 g/mol. The molecule has 0 unspecified atom stereocenters. The highest BCUT2D eigenvalue weighted by Gasteiger charge is 2.32. The molecular formula is C15H19ClN4O4S3. The molecule has 1 heterocycles. The number of hydrogen-bond acceptors (Lipinski definition) is 8. The molecule has 0 saturated carbocycles. The molecule has 0 spiro atoms. The maximum atomic E-state index is 12.7. The van der Waals surface area contributed by atoms with Gasteiger partial charge in [0.25, 0.3) is 0 Å². The van der Waals surface area contributed by atoms with Crippen molar-refractivity contribution in [2.75, 3.05) is 28.7 Å². The number of benzene rings is 1. The van der Waals surface area contributed by atoms with Crippen molar-refractivity contribution in [2.24, 2.45) is 0 Å². The molecule has 2 rings (SSSR count). The summed E-state index contributed by atoms with van der Waals surface area (Å²) in [6.45, 7) is 3.45. The van der Waals surface area contributed by atoms with Crippen LogP contribution in [0, 0.1) is 0 Å². The molecule has 8 nitrogen and oxygen atoms in total. The van der Waals surface area contributed by atoms with E-state index in [0.717, 1.165) is 20.7 Å². The number of halogens is 1. The van der Waals surface area contributed by atoms with Gasteiger partial charge in [-0.1, -0.05) is 41.6 Å². The number of anilines is 2. The fraction of sp³-hybridized carbons (Fsp3) is 0.400. The van der Waals surface area contributed by atoms with Crippen LogP contribution in [0.2, 0.25) is 5.02 Å². The van der Waals surface area contributed by atoms with Crippen LogP contribution in [0.25, 0.3) is 0 Å². The van der Waals surface area contributed by atoms with Crippen molar-refractivity contribution in [1.29, 1.82) is 0 Å². The van der Waals surface area contributed by atoms with E-state index >= 15 is 0 Å². The third-order valence-electron chi connectivity index (χ3n) is 3.37. The van der Waals surface area contributed by atoms with Crippen LogP contribution < -0.4 is 14.4 Å². The molecule has 0 aliphatic carbocycles. The quantitative estimate of drug-likeness (QED) is 0.487. The average molecular weight is 451 g/mol. The van der Waals surface area contributed by atoms with Gasteiger partial charge in [0.1, 0.15) is 11.8 Å². The van der Waals surface area contributed by atoms with Crippen molar-refractivity contribution in [3.8, 4) is 5.75 Å². The lowest BCUT2D eigenvalue weighted by Gasteiger charge is -2.29. The molecule has 0 aliphatic heterocycles. The van der Waals surface area contributed by atoms with Crippen molar-refractivity contribution in [1.82, 2.24) is 10.2 Å². The van der Waals surface area contributed by atoms with E-state index in [1.165, 1.54) is 43.2 Å². The summed E-state index contributed by atoms with van der Waals surface area (Å²) in [5, 5.41) is 11.1. The van der Waals surface area contributed by atoms with Crippen LogP contribution in [-0.2, 0) is 14.8 Å². The first kappa shape index (κ1) is 21.7. The first-order chi connectivity index (χ1) is 12.7. The largest absolute Gasteiger partial charge is 0.495 e.